The number of amides is 1. The number of nitrogens with one attached hydrogen (secondary N) is 1. The molecule has 17 heavy (non-hydrogen) atoms. The van der Waals surface area contributed by atoms with Gasteiger partial charge in [-0.25, -0.2) is 0 Å². The van der Waals surface area contributed by atoms with Crippen molar-refractivity contribution in [3.63, 3.8) is 0 Å². The molecule has 1 amide bonds. The van der Waals surface area contributed by atoms with Gasteiger partial charge in [0.2, 0.25) is 5.91 Å². The summed E-state index contributed by atoms with van der Waals surface area (Å²) in [4.78, 5) is 10.8. The SMILES string of the molecule is COc1cc(NCC(N)C(N)=O)c(Br)cc1Br. The van der Waals surface area contributed by atoms with Gasteiger partial charge in [-0.3, -0.25) is 4.79 Å². The van der Waals surface area contributed by atoms with Gasteiger partial charge in [0.1, 0.15) is 11.8 Å². The molecular formula is C10H13Br2N3O2. The Kier molecular flexibility index (Phi) is 5.23. The number of benzene rings is 1. The molecule has 5 N–H and O–H groups in total. The molecule has 0 saturated carbocycles. The standard InChI is InChI=1S/C10H13Br2N3O2/c1-17-9-3-8(5(11)2-6(9)12)15-4-7(13)10(14)16/h2-3,7,15H,4,13H2,1H3,(H2,14,16). The molecule has 0 spiro atoms. The molecule has 7 heteroatoms. The number of carbonyl (C=O) groups is 1. The maximum atomic E-state index is 10.8. The van der Waals surface area contributed by atoms with E-state index in [1.807, 2.05) is 6.07 Å². The molecule has 0 heterocycles. The highest BCUT2D eigenvalue weighted by molar-refractivity contribution is 9.11. The van der Waals surface area contributed by atoms with Crippen molar-refractivity contribution in [1.29, 1.82) is 0 Å². The minimum atomic E-state index is -0.725. The van der Waals surface area contributed by atoms with Crippen LogP contribution in [0.1, 0.15) is 0 Å². The van der Waals surface area contributed by atoms with E-state index in [-0.39, 0.29) is 6.54 Å². The second kappa shape index (κ2) is 6.23. The number of methoxy groups -OCH3 is 1. The van der Waals surface area contributed by atoms with Crippen LogP contribution >= 0.6 is 31.9 Å². The second-order valence-electron chi connectivity index (χ2n) is 3.36. The Hall–Kier alpha value is -0.790. The summed E-state index contributed by atoms with van der Waals surface area (Å²) in [7, 11) is 1.58. The van der Waals surface area contributed by atoms with Crippen LogP contribution in [0.15, 0.2) is 21.1 Å². The number of hydrogen-bond donors (Lipinski definition) is 3. The van der Waals surface area contributed by atoms with Crippen LogP contribution in [-0.4, -0.2) is 25.6 Å². The van der Waals surface area contributed by atoms with E-state index in [1.165, 1.54) is 0 Å². The molecule has 0 aliphatic rings. The number of carbonyl (C=O) groups excluding carboxylic acids is 1. The van der Waals surface area contributed by atoms with Crippen molar-refractivity contribution >= 4 is 43.5 Å². The Bertz CT molecular complexity index is 426. The van der Waals surface area contributed by atoms with Crippen LogP contribution in [0.2, 0.25) is 0 Å². The summed E-state index contributed by atoms with van der Waals surface area (Å²) in [6.45, 7) is 0.263. The topological polar surface area (TPSA) is 90.4 Å². The molecule has 0 aliphatic heterocycles. The monoisotopic (exact) mass is 365 g/mol. The van der Waals surface area contributed by atoms with E-state index >= 15 is 0 Å². The summed E-state index contributed by atoms with van der Waals surface area (Å²) < 4.78 is 6.83. The number of primary amides is 1. The number of hydrogen-bond acceptors (Lipinski definition) is 4. The Morgan fingerprint density at radius 2 is 2.12 bits per heavy atom. The highest BCUT2D eigenvalue weighted by atomic mass is 79.9. The molecule has 0 bridgehead atoms. The minimum Gasteiger partial charge on any atom is -0.495 e. The normalized spacial score (nSPS) is 12.0. The Morgan fingerprint density at radius 3 is 2.65 bits per heavy atom. The zero-order valence-corrected chi connectivity index (χ0v) is 12.3. The first kappa shape index (κ1) is 14.3. The lowest BCUT2D eigenvalue weighted by Crippen LogP contribution is -2.41. The number of ether oxygens (including phenoxy) is 1. The molecule has 5 nitrogen and oxygen atoms in total. The third-order valence-electron chi connectivity index (χ3n) is 2.12. The molecule has 0 saturated heterocycles. The lowest BCUT2D eigenvalue weighted by Gasteiger charge is -2.14. The number of rotatable bonds is 5. The van der Waals surface area contributed by atoms with Gasteiger partial charge in [0.25, 0.3) is 0 Å². The molecule has 0 aliphatic carbocycles. The van der Waals surface area contributed by atoms with Crippen LogP contribution in [-0.2, 0) is 4.79 Å². The van der Waals surface area contributed by atoms with Crippen molar-refractivity contribution in [2.75, 3.05) is 19.0 Å². The predicted octanol–water partition coefficient (Wildman–Crippen LogP) is 1.44. The van der Waals surface area contributed by atoms with Gasteiger partial charge in [0, 0.05) is 17.1 Å². The molecule has 1 unspecified atom stereocenters. The molecule has 1 aromatic carbocycles. The van der Waals surface area contributed by atoms with Crippen molar-refractivity contribution in [2.45, 2.75) is 6.04 Å². The fraction of sp³-hybridized carbons (Fsp3) is 0.300. The third kappa shape index (κ3) is 3.86. The van der Waals surface area contributed by atoms with E-state index in [9.17, 15) is 4.79 Å². The number of nitrogens with two attached hydrogens (primary N) is 2. The average Bonchev–Trinajstić information content (AvgIpc) is 2.27. The Balaban J connectivity index is 2.80. The van der Waals surface area contributed by atoms with Crippen molar-refractivity contribution in [3.05, 3.63) is 21.1 Å². The fourth-order valence-corrected chi connectivity index (χ4v) is 2.44. The van der Waals surface area contributed by atoms with Crippen LogP contribution in [0.4, 0.5) is 5.69 Å². The molecule has 0 aromatic heterocycles. The molecule has 0 fully saturated rings. The molecule has 1 aromatic rings. The van der Waals surface area contributed by atoms with Gasteiger partial charge in [-0.2, -0.15) is 0 Å². The first-order chi connectivity index (χ1) is 7.95. The van der Waals surface area contributed by atoms with E-state index in [2.05, 4.69) is 37.2 Å². The largest absolute Gasteiger partial charge is 0.495 e. The van der Waals surface area contributed by atoms with Gasteiger partial charge in [-0.05, 0) is 37.9 Å². The van der Waals surface area contributed by atoms with Crippen LogP contribution < -0.4 is 21.5 Å². The van der Waals surface area contributed by atoms with Crippen molar-refractivity contribution in [1.82, 2.24) is 0 Å². The van der Waals surface area contributed by atoms with Gasteiger partial charge in [0.15, 0.2) is 0 Å². The molecule has 1 rings (SSSR count). The second-order valence-corrected chi connectivity index (χ2v) is 5.07. The summed E-state index contributed by atoms with van der Waals surface area (Å²) in [6, 6.07) is 2.91. The highest BCUT2D eigenvalue weighted by Gasteiger charge is 2.11. The van der Waals surface area contributed by atoms with E-state index in [0.29, 0.717) is 5.75 Å². The summed E-state index contributed by atoms with van der Waals surface area (Å²) in [6.07, 6.45) is 0. The summed E-state index contributed by atoms with van der Waals surface area (Å²) in [5.41, 5.74) is 11.4. The van der Waals surface area contributed by atoms with Crippen LogP contribution in [0, 0.1) is 0 Å². The van der Waals surface area contributed by atoms with E-state index in [1.54, 1.807) is 13.2 Å². The van der Waals surface area contributed by atoms with Crippen molar-refractivity contribution in [2.24, 2.45) is 11.5 Å². The third-order valence-corrected chi connectivity index (χ3v) is 3.40. The molecule has 94 valence electrons. The van der Waals surface area contributed by atoms with Gasteiger partial charge >= 0.3 is 0 Å². The molecule has 0 radical (unpaired) electrons. The van der Waals surface area contributed by atoms with Gasteiger partial charge in [-0.1, -0.05) is 0 Å². The van der Waals surface area contributed by atoms with Gasteiger partial charge in [0.05, 0.1) is 17.3 Å². The van der Waals surface area contributed by atoms with Crippen molar-refractivity contribution in [3.8, 4) is 5.75 Å². The zero-order valence-electron chi connectivity index (χ0n) is 9.17. The first-order valence-electron chi connectivity index (χ1n) is 4.77. The summed E-state index contributed by atoms with van der Waals surface area (Å²) >= 11 is 6.76. The maximum Gasteiger partial charge on any atom is 0.236 e. The summed E-state index contributed by atoms with van der Waals surface area (Å²) in [5, 5.41) is 3.02. The fourth-order valence-electron chi connectivity index (χ4n) is 1.14. The molecular weight excluding hydrogens is 354 g/mol. The van der Waals surface area contributed by atoms with E-state index in [4.69, 9.17) is 16.2 Å². The smallest absolute Gasteiger partial charge is 0.236 e. The van der Waals surface area contributed by atoms with E-state index in [0.717, 1.165) is 14.6 Å². The first-order valence-corrected chi connectivity index (χ1v) is 6.36. The van der Waals surface area contributed by atoms with Crippen LogP contribution in [0.3, 0.4) is 0 Å². The highest BCUT2D eigenvalue weighted by Crippen LogP contribution is 2.34. The van der Waals surface area contributed by atoms with Gasteiger partial charge in [-0.15, -0.1) is 0 Å². The lowest BCUT2D eigenvalue weighted by molar-refractivity contribution is -0.118. The number of anilines is 1. The summed E-state index contributed by atoms with van der Waals surface area (Å²) in [5.74, 6) is 0.140. The zero-order chi connectivity index (χ0) is 13.0. The molecule has 1 atom stereocenters. The van der Waals surface area contributed by atoms with Crippen LogP contribution in [0.25, 0.3) is 0 Å². The average molecular weight is 367 g/mol. The quantitative estimate of drug-likeness (QED) is 0.735. The van der Waals surface area contributed by atoms with E-state index < -0.39 is 11.9 Å². The minimum absolute atomic E-state index is 0.263. The lowest BCUT2D eigenvalue weighted by atomic mass is 10.2. The predicted molar refractivity (Wildman–Crippen MR) is 74.1 cm³/mol. The van der Waals surface area contributed by atoms with Gasteiger partial charge < -0.3 is 21.5 Å². The van der Waals surface area contributed by atoms with Crippen LogP contribution in [0.5, 0.6) is 5.75 Å². The maximum absolute atomic E-state index is 10.8. The van der Waals surface area contributed by atoms with Crippen molar-refractivity contribution < 1.29 is 9.53 Å². The Labute approximate surface area is 116 Å². The number of halogens is 2. The Morgan fingerprint density at radius 1 is 1.47 bits per heavy atom.